The van der Waals surface area contributed by atoms with Crippen molar-refractivity contribution in [3.05, 3.63) is 24.3 Å². The summed E-state index contributed by atoms with van der Waals surface area (Å²) in [6, 6.07) is 7.48. The summed E-state index contributed by atoms with van der Waals surface area (Å²) in [5, 5.41) is 3.47. The number of benzene rings is 1. The number of nitrogens with one attached hydrogen (secondary N) is 1. The molecule has 0 saturated carbocycles. The maximum atomic E-state index is 12.0. The first-order valence-electron chi connectivity index (χ1n) is 7.70. The third kappa shape index (κ3) is 4.45. The van der Waals surface area contributed by atoms with Crippen LogP contribution < -0.4 is 5.32 Å². The SMILES string of the molecule is CCCS(=O)(=O)c1ccc(NC(C)C2CCOCC2)cc1. The molecule has 1 unspecified atom stereocenters. The minimum Gasteiger partial charge on any atom is -0.382 e. The first-order valence-corrected chi connectivity index (χ1v) is 9.35. The van der Waals surface area contributed by atoms with Crippen LogP contribution in [-0.2, 0) is 14.6 Å². The number of ether oxygens (including phenoxy) is 1. The Morgan fingerprint density at radius 3 is 2.43 bits per heavy atom. The van der Waals surface area contributed by atoms with Gasteiger partial charge in [-0.25, -0.2) is 8.42 Å². The molecular weight excluding hydrogens is 286 g/mol. The van der Waals surface area contributed by atoms with Gasteiger partial charge in [-0.15, -0.1) is 0 Å². The van der Waals surface area contributed by atoms with E-state index in [0.717, 1.165) is 31.7 Å². The lowest BCUT2D eigenvalue weighted by Crippen LogP contribution is -2.30. The summed E-state index contributed by atoms with van der Waals surface area (Å²) < 4.78 is 29.3. The molecule has 0 radical (unpaired) electrons. The second-order valence-electron chi connectivity index (χ2n) is 5.73. The van der Waals surface area contributed by atoms with Crippen LogP contribution in [-0.4, -0.2) is 33.4 Å². The van der Waals surface area contributed by atoms with Gasteiger partial charge in [-0.3, -0.25) is 0 Å². The zero-order valence-corrected chi connectivity index (χ0v) is 13.7. The van der Waals surface area contributed by atoms with Gasteiger partial charge >= 0.3 is 0 Å². The maximum absolute atomic E-state index is 12.0. The molecule has 1 aromatic rings. The van der Waals surface area contributed by atoms with Gasteiger partial charge in [0.2, 0.25) is 0 Å². The van der Waals surface area contributed by atoms with E-state index in [1.165, 1.54) is 0 Å². The first-order chi connectivity index (χ1) is 10.0. The second kappa shape index (κ2) is 7.27. The summed E-state index contributed by atoms with van der Waals surface area (Å²) in [7, 11) is -3.12. The van der Waals surface area contributed by atoms with Crippen molar-refractivity contribution in [2.24, 2.45) is 5.92 Å². The minimum atomic E-state index is -3.12. The number of sulfone groups is 1. The number of hydrogen-bond donors (Lipinski definition) is 1. The maximum Gasteiger partial charge on any atom is 0.178 e. The van der Waals surface area contributed by atoms with Crippen molar-refractivity contribution >= 4 is 15.5 Å². The van der Waals surface area contributed by atoms with E-state index in [9.17, 15) is 8.42 Å². The highest BCUT2D eigenvalue weighted by Crippen LogP contribution is 2.23. The monoisotopic (exact) mass is 311 g/mol. The van der Waals surface area contributed by atoms with Gasteiger partial charge in [0.05, 0.1) is 10.6 Å². The molecule has 1 fully saturated rings. The predicted octanol–water partition coefficient (Wildman–Crippen LogP) is 3.10. The van der Waals surface area contributed by atoms with Gasteiger partial charge in [0, 0.05) is 24.9 Å². The van der Waals surface area contributed by atoms with E-state index in [1.54, 1.807) is 12.1 Å². The number of anilines is 1. The van der Waals surface area contributed by atoms with E-state index in [4.69, 9.17) is 4.74 Å². The first kappa shape index (κ1) is 16.3. The Labute approximate surface area is 127 Å². The molecule has 1 saturated heterocycles. The van der Waals surface area contributed by atoms with Gasteiger partial charge in [-0.1, -0.05) is 6.92 Å². The molecule has 1 atom stereocenters. The summed E-state index contributed by atoms with van der Waals surface area (Å²) in [4.78, 5) is 0.411. The highest BCUT2D eigenvalue weighted by Gasteiger charge is 2.20. The number of hydrogen-bond acceptors (Lipinski definition) is 4. The minimum absolute atomic E-state index is 0.207. The Hall–Kier alpha value is -1.07. The number of rotatable bonds is 6. The van der Waals surface area contributed by atoms with Gasteiger partial charge < -0.3 is 10.1 Å². The van der Waals surface area contributed by atoms with E-state index >= 15 is 0 Å². The highest BCUT2D eigenvalue weighted by molar-refractivity contribution is 7.91. The van der Waals surface area contributed by atoms with Crippen molar-refractivity contribution in [2.45, 2.75) is 44.0 Å². The molecule has 0 spiro atoms. The van der Waals surface area contributed by atoms with Crippen LogP contribution in [0.5, 0.6) is 0 Å². The molecule has 0 aliphatic carbocycles. The molecule has 0 bridgehead atoms. The van der Waals surface area contributed by atoms with Crippen LogP contribution in [0.4, 0.5) is 5.69 Å². The third-order valence-electron chi connectivity index (χ3n) is 4.05. The topological polar surface area (TPSA) is 55.4 Å². The second-order valence-corrected chi connectivity index (χ2v) is 7.84. The highest BCUT2D eigenvalue weighted by atomic mass is 32.2. The Balaban J connectivity index is 1.99. The summed E-state index contributed by atoms with van der Waals surface area (Å²) in [5.41, 5.74) is 0.976. The zero-order chi connectivity index (χ0) is 15.3. The van der Waals surface area contributed by atoms with Crippen molar-refractivity contribution in [1.29, 1.82) is 0 Å². The van der Waals surface area contributed by atoms with Crippen molar-refractivity contribution < 1.29 is 13.2 Å². The van der Waals surface area contributed by atoms with Crippen LogP contribution in [0.2, 0.25) is 0 Å². The van der Waals surface area contributed by atoms with E-state index in [1.807, 2.05) is 19.1 Å². The fourth-order valence-electron chi connectivity index (χ4n) is 2.74. The lowest BCUT2D eigenvalue weighted by Gasteiger charge is -2.29. The fraction of sp³-hybridized carbons (Fsp3) is 0.625. The fourth-order valence-corrected chi connectivity index (χ4v) is 4.07. The molecule has 5 heteroatoms. The molecule has 0 amide bonds. The van der Waals surface area contributed by atoms with Crippen LogP contribution in [0.3, 0.4) is 0 Å². The smallest absolute Gasteiger partial charge is 0.178 e. The van der Waals surface area contributed by atoms with E-state index in [0.29, 0.717) is 23.3 Å². The lowest BCUT2D eigenvalue weighted by atomic mass is 9.93. The van der Waals surface area contributed by atoms with Gasteiger partial charge in [0.1, 0.15) is 0 Å². The van der Waals surface area contributed by atoms with Crippen LogP contribution in [0, 0.1) is 5.92 Å². The van der Waals surface area contributed by atoms with Crippen LogP contribution >= 0.6 is 0 Å². The van der Waals surface area contributed by atoms with Gasteiger partial charge in [0.25, 0.3) is 0 Å². The van der Waals surface area contributed by atoms with Crippen molar-refractivity contribution in [3.8, 4) is 0 Å². The normalized spacial score (nSPS) is 18.4. The van der Waals surface area contributed by atoms with Gasteiger partial charge in [0.15, 0.2) is 9.84 Å². The van der Waals surface area contributed by atoms with Gasteiger partial charge in [-0.2, -0.15) is 0 Å². The van der Waals surface area contributed by atoms with Crippen LogP contribution in [0.15, 0.2) is 29.2 Å². The van der Waals surface area contributed by atoms with Crippen LogP contribution in [0.1, 0.15) is 33.1 Å². The Morgan fingerprint density at radius 1 is 1.24 bits per heavy atom. The van der Waals surface area contributed by atoms with Crippen LogP contribution in [0.25, 0.3) is 0 Å². The predicted molar refractivity (Wildman–Crippen MR) is 85.4 cm³/mol. The van der Waals surface area contributed by atoms with Gasteiger partial charge in [-0.05, 0) is 56.4 Å². The summed E-state index contributed by atoms with van der Waals surface area (Å²) in [6.07, 6.45) is 2.80. The molecular formula is C16H25NO3S. The average molecular weight is 311 g/mol. The molecule has 1 N–H and O–H groups in total. The molecule has 118 valence electrons. The Bertz CT molecular complexity index is 533. The molecule has 2 rings (SSSR count). The molecule has 1 aliphatic rings. The zero-order valence-electron chi connectivity index (χ0n) is 12.8. The average Bonchev–Trinajstić information content (AvgIpc) is 2.48. The molecule has 1 heterocycles. The molecule has 1 aliphatic heterocycles. The lowest BCUT2D eigenvalue weighted by molar-refractivity contribution is 0.0622. The molecule has 0 aromatic heterocycles. The van der Waals surface area contributed by atoms with E-state index in [-0.39, 0.29) is 5.75 Å². The van der Waals surface area contributed by atoms with Crippen molar-refractivity contribution in [2.75, 3.05) is 24.3 Å². The third-order valence-corrected chi connectivity index (χ3v) is 5.99. The quantitative estimate of drug-likeness (QED) is 0.877. The largest absolute Gasteiger partial charge is 0.382 e. The summed E-state index contributed by atoms with van der Waals surface area (Å²) in [5.74, 6) is 0.820. The standard InChI is InChI=1S/C16H25NO3S/c1-3-12-21(18,19)16-6-4-15(5-7-16)17-13(2)14-8-10-20-11-9-14/h4-7,13-14,17H,3,8-12H2,1-2H3. The van der Waals surface area contributed by atoms with E-state index in [2.05, 4.69) is 12.2 Å². The molecule has 4 nitrogen and oxygen atoms in total. The van der Waals surface area contributed by atoms with Crippen molar-refractivity contribution in [1.82, 2.24) is 0 Å². The molecule has 1 aromatic carbocycles. The Kier molecular flexibility index (Phi) is 5.65. The Morgan fingerprint density at radius 2 is 1.86 bits per heavy atom. The van der Waals surface area contributed by atoms with Crippen molar-refractivity contribution in [3.63, 3.8) is 0 Å². The van der Waals surface area contributed by atoms with E-state index < -0.39 is 9.84 Å². The molecule has 21 heavy (non-hydrogen) atoms. The summed E-state index contributed by atoms with van der Waals surface area (Å²) >= 11 is 0. The summed E-state index contributed by atoms with van der Waals surface area (Å²) in [6.45, 7) is 5.73.